The Balaban J connectivity index is 2.01. The van der Waals surface area contributed by atoms with Crippen molar-refractivity contribution in [1.82, 2.24) is 5.32 Å². The van der Waals surface area contributed by atoms with E-state index in [1.807, 2.05) is 6.07 Å². The summed E-state index contributed by atoms with van der Waals surface area (Å²) in [5.74, 6) is -0.815. The number of carbonyl (C=O) groups is 2. The minimum atomic E-state index is -1.13. The zero-order chi connectivity index (χ0) is 15.5. The van der Waals surface area contributed by atoms with Crippen LogP contribution in [-0.4, -0.2) is 28.6 Å². The van der Waals surface area contributed by atoms with Gasteiger partial charge >= 0.3 is 5.97 Å². The molecule has 1 aromatic rings. The number of rotatable bonds is 5. The van der Waals surface area contributed by atoms with Gasteiger partial charge in [-0.25, -0.2) is 4.79 Å². The Labute approximate surface area is 131 Å². The van der Waals surface area contributed by atoms with Gasteiger partial charge in [0.05, 0.1) is 0 Å². The summed E-state index contributed by atoms with van der Waals surface area (Å²) in [4.78, 5) is 23.6. The molecule has 0 radical (unpaired) electrons. The average molecular weight is 356 g/mol. The minimum absolute atomic E-state index is 0.403. The summed E-state index contributed by atoms with van der Waals surface area (Å²) in [5, 5.41) is 12.0. The van der Waals surface area contributed by atoms with Gasteiger partial charge in [0.1, 0.15) is 11.3 Å². The SMILES string of the molecule is CC(Oc1cccc(Br)c1)C(=O)NC1(C(=O)O)CCCC1. The summed E-state index contributed by atoms with van der Waals surface area (Å²) < 4.78 is 6.41. The molecule has 2 rings (SSSR count). The van der Waals surface area contributed by atoms with Gasteiger partial charge in [0.2, 0.25) is 0 Å². The number of nitrogens with one attached hydrogen (secondary N) is 1. The molecule has 1 saturated carbocycles. The van der Waals surface area contributed by atoms with Crippen molar-refractivity contribution >= 4 is 27.8 Å². The molecule has 1 aliphatic carbocycles. The fourth-order valence-corrected chi connectivity index (χ4v) is 2.88. The molecule has 1 amide bonds. The van der Waals surface area contributed by atoms with Crippen molar-refractivity contribution < 1.29 is 19.4 Å². The third-order valence-electron chi connectivity index (χ3n) is 3.71. The van der Waals surface area contributed by atoms with Crippen LogP contribution in [0.25, 0.3) is 0 Å². The van der Waals surface area contributed by atoms with Gasteiger partial charge in [0, 0.05) is 4.47 Å². The van der Waals surface area contributed by atoms with E-state index in [0.29, 0.717) is 18.6 Å². The second kappa shape index (κ2) is 6.47. The van der Waals surface area contributed by atoms with Gasteiger partial charge in [-0.3, -0.25) is 4.79 Å². The number of hydrogen-bond donors (Lipinski definition) is 2. The van der Waals surface area contributed by atoms with E-state index in [4.69, 9.17) is 4.74 Å². The number of halogens is 1. The van der Waals surface area contributed by atoms with Gasteiger partial charge in [0.25, 0.3) is 5.91 Å². The zero-order valence-electron chi connectivity index (χ0n) is 11.8. The Morgan fingerprint density at radius 2 is 2.05 bits per heavy atom. The van der Waals surface area contributed by atoms with Crippen LogP contribution in [0.3, 0.4) is 0 Å². The first-order valence-electron chi connectivity index (χ1n) is 6.91. The van der Waals surface area contributed by atoms with E-state index in [2.05, 4.69) is 21.2 Å². The molecule has 0 aliphatic heterocycles. The maximum atomic E-state index is 12.2. The highest BCUT2D eigenvalue weighted by molar-refractivity contribution is 9.10. The minimum Gasteiger partial charge on any atom is -0.481 e. The zero-order valence-corrected chi connectivity index (χ0v) is 13.4. The van der Waals surface area contributed by atoms with Gasteiger partial charge in [-0.05, 0) is 38.0 Å². The molecule has 114 valence electrons. The van der Waals surface area contributed by atoms with E-state index >= 15 is 0 Å². The van der Waals surface area contributed by atoms with Gasteiger partial charge in [0.15, 0.2) is 6.10 Å². The number of carboxylic acid groups (broad SMARTS) is 1. The van der Waals surface area contributed by atoms with E-state index in [-0.39, 0.29) is 0 Å². The van der Waals surface area contributed by atoms with Crippen molar-refractivity contribution in [2.75, 3.05) is 0 Å². The fourth-order valence-electron chi connectivity index (χ4n) is 2.51. The Hall–Kier alpha value is -1.56. The number of hydrogen-bond acceptors (Lipinski definition) is 3. The second-order valence-electron chi connectivity index (χ2n) is 5.30. The summed E-state index contributed by atoms with van der Waals surface area (Å²) in [6.45, 7) is 1.61. The van der Waals surface area contributed by atoms with Crippen LogP contribution in [0.4, 0.5) is 0 Å². The molecule has 0 spiro atoms. The molecule has 1 fully saturated rings. The largest absolute Gasteiger partial charge is 0.481 e. The molecule has 6 heteroatoms. The third-order valence-corrected chi connectivity index (χ3v) is 4.20. The maximum absolute atomic E-state index is 12.2. The fraction of sp³-hybridized carbons (Fsp3) is 0.467. The molecule has 0 heterocycles. The third kappa shape index (κ3) is 3.75. The maximum Gasteiger partial charge on any atom is 0.329 e. The predicted molar refractivity (Wildman–Crippen MR) is 81.2 cm³/mol. The highest BCUT2D eigenvalue weighted by Crippen LogP contribution is 2.30. The predicted octanol–water partition coefficient (Wildman–Crippen LogP) is 2.73. The molecular weight excluding hydrogens is 338 g/mol. The number of ether oxygens (including phenoxy) is 1. The topological polar surface area (TPSA) is 75.6 Å². The summed E-state index contributed by atoms with van der Waals surface area (Å²) >= 11 is 3.33. The summed E-state index contributed by atoms with van der Waals surface area (Å²) in [7, 11) is 0. The lowest BCUT2D eigenvalue weighted by Crippen LogP contribution is -2.55. The van der Waals surface area contributed by atoms with Crippen molar-refractivity contribution in [1.29, 1.82) is 0 Å². The van der Waals surface area contributed by atoms with Crippen LogP contribution in [0.5, 0.6) is 5.75 Å². The molecule has 0 aromatic heterocycles. The van der Waals surface area contributed by atoms with Crippen molar-refractivity contribution in [3.63, 3.8) is 0 Å². The van der Waals surface area contributed by atoms with Crippen LogP contribution in [-0.2, 0) is 9.59 Å². The first-order chi connectivity index (χ1) is 9.93. The van der Waals surface area contributed by atoms with Crippen LogP contribution in [0.15, 0.2) is 28.7 Å². The van der Waals surface area contributed by atoms with Gasteiger partial charge in [-0.2, -0.15) is 0 Å². The van der Waals surface area contributed by atoms with Gasteiger partial charge in [-0.1, -0.05) is 34.8 Å². The van der Waals surface area contributed by atoms with E-state index in [9.17, 15) is 14.7 Å². The number of amides is 1. The quantitative estimate of drug-likeness (QED) is 0.851. The van der Waals surface area contributed by atoms with Crippen molar-refractivity contribution in [3.05, 3.63) is 28.7 Å². The lowest BCUT2D eigenvalue weighted by atomic mass is 9.97. The van der Waals surface area contributed by atoms with Crippen LogP contribution < -0.4 is 10.1 Å². The molecule has 0 bridgehead atoms. The Morgan fingerprint density at radius 1 is 1.38 bits per heavy atom. The van der Waals surface area contributed by atoms with E-state index in [0.717, 1.165) is 17.3 Å². The van der Waals surface area contributed by atoms with E-state index in [1.165, 1.54) is 0 Å². The molecule has 1 aliphatic rings. The summed E-state index contributed by atoms with van der Waals surface area (Å²) in [6, 6.07) is 7.17. The second-order valence-corrected chi connectivity index (χ2v) is 6.22. The van der Waals surface area contributed by atoms with E-state index < -0.39 is 23.5 Å². The van der Waals surface area contributed by atoms with Crippen LogP contribution in [0, 0.1) is 0 Å². The molecule has 21 heavy (non-hydrogen) atoms. The Bertz CT molecular complexity index is 540. The van der Waals surface area contributed by atoms with Crippen LogP contribution >= 0.6 is 15.9 Å². The molecule has 1 unspecified atom stereocenters. The van der Waals surface area contributed by atoms with Gasteiger partial charge in [-0.15, -0.1) is 0 Å². The molecule has 5 nitrogen and oxygen atoms in total. The van der Waals surface area contributed by atoms with E-state index in [1.54, 1.807) is 25.1 Å². The summed E-state index contributed by atoms with van der Waals surface area (Å²) in [5.41, 5.74) is -1.13. The number of carbonyl (C=O) groups excluding carboxylic acids is 1. The first-order valence-corrected chi connectivity index (χ1v) is 7.70. The Morgan fingerprint density at radius 3 is 2.62 bits per heavy atom. The van der Waals surface area contributed by atoms with Crippen molar-refractivity contribution in [3.8, 4) is 5.75 Å². The number of carboxylic acids is 1. The van der Waals surface area contributed by atoms with Crippen LogP contribution in [0.1, 0.15) is 32.6 Å². The van der Waals surface area contributed by atoms with Crippen molar-refractivity contribution in [2.45, 2.75) is 44.2 Å². The molecular formula is C15H18BrNO4. The lowest BCUT2D eigenvalue weighted by molar-refractivity contribution is -0.148. The average Bonchev–Trinajstić information content (AvgIpc) is 2.88. The van der Waals surface area contributed by atoms with Crippen molar-refractivity contribution in [2.24, 2.45) is 0 Å². The smallest absolute Gasteiger partial charge is 0.329 e. The number of aliphatic carboxylic acids is 1. The molecule has 1 aromatic carbocycles. The Kier molecular flexibility index (Phi) is 4.88. The molecule has 2 N–H and O–H groups in total. The van der Waals surface area contributed by atoms with Crippen LogP contribution in [0.2, 0.25) is 0 Å². The highest BCUT2D eigenvalue weighted by atomic mass is 79.9. The monoisotopic (exact) mass is 355 g/mol. The summed E-state index contributed by atoms with van der Waals surface area (Å²) in [6.07, 6.45) is 1.81. The lowest BCUT2D eigenvalue weighted by Gasteiger charge is -2.27. The number of benzene rings is 1. The first kappa shape index (κ1) is 15.8. The highest BCUT2D eigenvalue weighted by Gasteiger charge is 2.43. The standard InChI is InChI=1S/C15H18BrNO4/c1-10(21-12-6-4-5-11(16)9-12)13(18)17-15(14(19)20)7-2-3-8-15/h4-6,9-10H,2-3,7-8H2,1H3,(H,17,18)(H,19,20). The normalized spacial score (nSPS) is 18.0. The molecule has 0 saturated heterocycles. The molecule has 1 atom stereocenters. The van der Waals surface area contributed by atoms with Gasteiger partial charge < -0.3 is 15.2 Å².